The van der Waals surface area contributed by atoms with E-state index in [1.165, 1.54) is 16.8 Å². The molecule has 0 spiro atoms. The number of nitrogens with one attached hydrogen (secondary N) is 2. The first kappa shape index (κ1) is 15.2. The number of hydrogen-bond acceptors (Lipinski definition) is 5. The first-order chi connectivity index (χ1) is 11.1. The van der Waals surface area contributed by atoms with Crippen LogP contribution in [0, 0.1) is 10.1 Å². The number of piperidine rings is 1. The minimum atomic E-state index is -0.454. The number of nitrogens with zero attached hydrogens (tertiary/aromatic N) is 3. The number of nitro groups is 1. The summed E-state index contributed by atoms with van der Waals surface area (Å²) in [6, 6.07) is 7.82. The SMILES string of the molecule is O=C(NC1CCNCC1)c1ccn(-c2ccc([N+](=O)[O-])cc2)n1. The minimum Gasteiger partial charge on any atom is -0.348 e. The van der Waals surface area contributed by atoms with Crippen molar-refractivity contribution in [1.29, 1.82) is 0 Å². The Kier molecular flexibility index (Phi) is 4.33. The molecule has 8 nitrogen and oxygen atoms in total. The van der Waals surface area contributed by atoms with Crippen molar-refractivity contribution in [2.24, 2.45) is 0 Å². The molecule has 8 heteroatoms. The summed E-state index contributed by atoms with van der Waals surface area (Å²) < 4.78 is 1.53. The van der Waals surface area contributed by atoms with Gasteiger partial charge in [-0.15, -0.1) is 0 Å². The van der Waals surface area contributed by atoms with E-state index in [1.807, 2.05) is 0 Å². The van der Waals surface area contributed by atoms with Gasteiger partial charge in [0.2, 0.25) is 0 Å². The molecule has 0 aliphatic carbocycles. The Bertz CT molecular complexity index is 704. The lowest BCUT2D eigenvalue weighted by molar-refractivity contribution is -0.384. The maximum absolute atomic E-state index is 12.2. The highest BCUT2D eigenvalue weighted by atomic mass is 16.6. The average molecular weight is 315 g/mol. The van der Waals surface area contributed by atoms with E-state index in [1.54, 1.807) is 24.4 Å². The van der Waals surface area contributed by atoms with Crippen LogP contribution in [0.4, 0.5) is 5.69 Å². The molecule has 1 fully saturated rings. The second-order valence-corrected chi connectivity index (χ2v) is 5.42. The van der Waals surface area contributed by atoms with Crippen LogP contribution in [0.15, 0.2) is 36.5 Å². The van der Waals surface area contributed by atoms with Gasteiger partial charge in [-0.3, -0.25) is 14.9 Å². The van der Waals surface area contributed by atoms with Gasteiger partial charge in [0, 0.05) is 24.4 Å². The van der Waals surface area contributed by atoms with Crippen LogP contribution < -0.4 is 10.6 Å². The number of nitro benzene ring substituents is 1. The van der Waals surface area contributed by atoms with Gasteiger partial charge in [0.05, 0.1) is 10.6 Å². The fourth-order valence-electron chi connectivity index (χ4n) is 2.54. The quantitative estimate of drug-likeness (QED) is 0.653. The molecular weight excluding hydrogens is 298 g/mol. The van der Waals surface area contributed by atoms with E-state index in [0.717, 1.165) is 25.9 Å². The predicted octanol–water partition coefficient (Wildman–Crippen LogP) is 1.26. The molecule has 1 aromatic heterocycles. The number of carbonyl (C=O) groups excluding carboxylic acids is 1. The van der Waals surface area contributed by atoms with E-state index >= 15 is 0 Å². The third-order valence-electron chi connectivity index (χ3n) is 3.82. The molecule has 2 heterocycles. The summed E-state index contributed by atoms with van der Waals surface area (Å²) in [6.07, 6.45) is 3.49. The van der Waals surface area contributed by atoms with E-state index in [2.05, 4.69) is 15.7 Å². The average Bonchev–Trinajstić information content (AvgIpc) is 3.06. The monoisotopic (exact) mass is 315 g/mol. The lowest BCUT2D eigenvalue weighted by Gasteiger charge is -2.23. The van der Waals surface area contributed by atoms with Gasteiger partial charge in [0.25, 0.3) is 11.6 Å². The Balaban J connectivity index is 1.69. The Morgan fingerprint density at radius 2 is 1.96 bits per heavy atom. The summed E-state index contributed by atoms with van der Waals surface area (Å²) in [4.78, 5) is 22.4. The van der Waals surface area contributed by atoms with Crippen LogP contribution in [0.25, 0.3) is 5.69 Å². The van der Waals surface area contributed by atoms with Crippen LogP contribution in [-0.2, 0) is 0 Å². The molecule has 1 saturated heterocycles. The van der Waals surface area contributed by atoms with E-state index in [9.17, 15) is 14.9 Å². The van der Waals surface area contributed by atoms with Crippen LogP contribution in [0.5, 0.6) is 0 Å². The topological polar surface area (TPSA) is 102 Å². The molecule has 2 aromatic rings. The van der Waals surface area contributed by atoms with Crippen molar-refractivity contribution in [1.82, 2.24) is 20.4 Å². The molecule has 0 atom stereocenters. The number of aromatic nitrogens is 2. The molecule has 3 rings (SSSR count). The van der Waals surface area contributed by atoms with Crippen LogP contribution in [0.2, 0.25) is 0 Å². The lowest BCUT2D eigenvalue weighted by atomic mass is 10.1. The summed E-state index contributed by atoms with van der Waals surface area (Å²) in [7, 11) is 0. The Hall–Kier alpha value is -2.74. The van der Waals surface area contributed by atoms with E-state index in [0.29, 0.717) is 11.4 Å². The summed E-state index contributed by atoms with van der Waals surface area (Å²) in [5.74, 6) is -0.197. The molecule has 1 aliphatic heterocycles. The molecule has 0 unspecified atom stereocenters. The number of hydrogen-bond donors (Lipinski definition) is 2. The van der Waals surface area contributed by atoms with Crippen LogP contribution in [-0.4, -0.2) is 39.7 Å². The second-order valence-electron chi connectivity index (χ2n) is 5.42. The highest BCUT2D eigenvalue weighted by Crippen LogP contribution is 2.15. The molecule has 1 amide bonds. The fraction of sp³-hybridized carbons (Fsp3) is 0.333. The van der Waals surface area contributed by atoms with Crippen molar-refractivity contribution < 1.29 is 9.72 Å². The summed E-state index contributed by atoms with van der Waals surface area (Å²) in [5.41, 5.74) is 1.02. The van der Waals surface area contributed by atoms with Gasteiger partial charge in [-0.25, -0.2) is 4.68 Å². The Labute approximate surface area is 132 Å². The number of non-ortho nitro benzene ring substituents is 1. The second kappa shape index (κ2) is 6.57. The zero-order chi connectivity index (χ0) is 16.2. The lowest BCUT2D eigenvalue weighted by Crippen LogP contribution is -2.42. The molecule has 0 radical (unpaired) electrons. The molecule has 2 N–H and O–H groups in total. The smallest absolute Gasteiger partial charge is 0.272 e. The van der Waals surface area contributed by atoms with Crippen molar-refractivity contribution in [3.63, 3.8) is 0 Å². The molecule has 120 valence electrons. The first-order valence-electron chi connectivity index (χ1n) is 7.45. The van der Waals surface area contributed by atoms with Crippen molar-refractivity contribution in [2.45, 2.75) is 18.9 Å². The molecule has 0 saturated carbocycles. The number of carbonyl (C=O) groups is 1. The predicted molar refractivity (Wildman–Crippen MR) is 83.6 cm³/mol. The third-order valence-corrected chi connectivity index (χ3v) is 3.82. The van der Waals surface area contributed by atoms with Crippen molar-refractivity contribution >= 4 is 11.6 Å². The van der Waals surface area contributed by atoms with Gasteiger partial charge in [-0.05, 0) is 44.1 Å². The molecular formula is C15H17N5O3. The van der Waals surface area contributed by atoms with Gasteiger partial charge in [-0.1, -0.05) is 0 Å². The Morgan fingerprint density at radius 3 is 2.61 bits per heavy atom. The summed E-state index contributed by atoms with van der Waals surface area (Å²) in [5, 5.41) is 21.1. The van der Waals surface area contributed by atoms with Gasteiger partial charge in [-0.2, -0.15) is 5.10 Å². The highest BCUT2D eigenvalue weighted by molar-refractivity contribution is 5.92. The van der Waals surface area contributed by atoms with Crippen LogP contribution in [0.1, 0.15) is 23.3 Å². The van der Waals surface area contributed by atoms with E-state index in [4.69, 9.17) is 0 Å². The molecule has 0 bridgehead atoms. The maximum atomic E-state index is 12.2. The van der Waals surface area contributed by atoms with Gasteiger partial charge in [0.1, 0.15) is 0 Å². The minimum absolute atomic E-state index is 0.0183. The van der Waals surface area contributed by atoms with Gasteiger partial charge < -0.3 is 10.6 Å². The van der Waals surface area contributed by atoms with E-state index in [-0.39, 0.29) is 17.6 Å². The fourth-order valence-corrected chi connectivity index (χ4v) is 2.54. The van der Waals surface area contributed by atoms with Crippen molar-refractivity contribution in [3.8, 4) is 5.69 Å². The van der Waals surface area contributed by atoms with Gasteiger partial charge in [0.15, 0.2) is 5.69 Å². The molecule has 23 heavy (non-hydrogen) atoms. The number of amides is 1. The third kappa shape index (κ3) is 3.54. The highest BCUT2D eigenvalue weighted by Gasteiger charge is 2.18. The van der Waals surface area contributed by atoms with Crippen LogP contribution >= 0.6 is 0 Å². The largest absolute Gasteiger partial charge is 0.348 e. The van der Waals surface area contributed by atoms with Crippen molar-refractivity contribution in [3.05, 3.63) is 52.3 Å². The van der Waals surface area contributed by atoms with Crippen LogP contribution in [0.3, 0.4) is 0 Å². The Morgan fingerprint density at radius 1 is 1.26 bits per heavy atom. The van der Waals surface area contributed by atoms with E-state index < -0.39 is 4.92 Å². The molecule has 1 aromatic carbocycles. The molecule has 1 aliphatic rings. The van der Waals surface area contributed by atoms with Crippen molar-refractivity contribution in [2.75, 3.05) is 13.1 Å². The normalized spacial score (nSPS) is 15.3. The number of rotatable bonds is 4. The summed E-state index contributed by atoms with van der Waals surface area (Å²) >= 11 is 0. The van der Waals surface area contributed by atoms with Gasteiger partial charge >= 0.3 is 0 Å². The standard InChI is InChI=1S/C15H17N5O3/c21-15(17-11-5-8-16-9-6-11)14-7-10-19(18-14)12-1-3-13(4-2-12)20(22)23/h1-4,7,10-11,16H,5-6,8-9H2,(H,17,21). The number of benzene rings is 1. The zero-order valence-corrected chi connectivity index (χ0v) is 12.4. The maximum Gasteiger partial charge on any atom is 0.272 e. The first-order valence-corrected chi connectivity index (χ1v) is 7.45. The summed E-state index contributed by atoms with van der Waals surface area (Å²) in [6.45, 7) is 1.81. The zero-order valence-electron chi connectivity index (χ0n) is 12.4.